The lowest BCUT2D eigenvalue weighted by atomic mass is 10.1. The zero-order valence-electron chi connectivity index (χ0n) is 16.8. The van der Waals surface area contributed by atoms with Crippen LogP contribution in [0.25, 0.3) is 11.3 Å². The number of aromatic nitrogens is 1. The van der Waals surface area contributed by atoms with Crippen LogP contribution in [0, 0.1) is 5.92 Å². The molecule has 0 saturated carbocycles. The number of carbonyl (C=O) groups excluding carboxylic acids is 2. The fraction of sp³-hybridized carbons (Fsp3) is 0.476. The average Bonchev–Trinajstić information content (AvgIpc) is 3.34. The zero-order chi connectivity index (χ0) is 20.4. The van der Waals surface area contributed by atoms with Crippen LogP contribution in [-0.4, -0.2) is 61.1 Å². The summed E-state index contributed by atoms with van der Waals surface area (Å²) in [4.78, 5) is 33.2. The third-order valence-electron chi connectivity index (χ3n) is 5.25. The number of benzene rings is 1. The van der Waals surface area contributed by atoms with Crippen LogP contribution >= 0.6 is 11.3 Å². The second-order valence-electron chi connectivity index (χ2n) is 7.71. The van der Waals surface area contributed by atoms with Crippen molar-refractivity contribution in [3.8, 4) is 11.3 Å². The average molecular weight is 415 g/mol. The van der Waals surface area contributed by atoms with Crippen molar-refractivity contribution in [2.45, 2.75) is 20.3 Å². The molecule has 0 atom stereocenters. The van der Waals surface area contributed by atoms with Crippen LogP contribution in [0.1, 0.15) is 19.4 Å². The minimum atomic E-state index is -0.0513. The molecule has 4 rings (SSSR count). The molecule has 7 nitrogen and oxygen atoms in total. The fourth-order valence-corrected chi connectivity index (χ4v) is 4.42. The summed E-state index contributed by atoms with van der Waals surface area (Å²) >= 11 is 1.43. The van der Waals surface area contributed by atoms with Crippen molar-refractivity contribution in [3.63, 3.8) is 0 Å². The molecule has 8 heteroatoms. The molecule has 29 heavy (non-hydrogen) atoms. The van der Waals surface area contributed by atoms with Crippen LogP contribution < -0.4 is 10.2 Å². The van der Waals surface area contributed by atoms with Crippen molar-refractivity contribution in [3.05, 3.63) is 29.1 Å². The lowest BCUT2D eigenvalue weighted by molar-refractivity contribution is -0.121. The van der Waals surface area contributed by atoms with E-state index in [2.05, 4.69) is 21.3 Å². The smallest absolute Gasteiger partial charge is 0.240 e. The van der Waals surface area contributed by atoms with E-state index >= 15 is 0 Å². The molecule has 0 bridgehead atoms. The van der Waals surface area contributed by atoms with Crippen molar-refractivity contribution in [2.24, 2.45) is 5.92 Å². The van der Waals surface area contributed by atoms with E-state index in [1.165, 1.54) is 16.9 Å². The first-order valence-corrected chi connectivity index (χ1v) is 10.9. The fourth-order valence-electron chi connectivity index (χ4n) is 3.69. The molecular weight excluding hydrogens is 388 g/mol. The first-order chi connectivity index (χ1) is 14.0. The van der Waals surface area contributed by atoms with Gasteiger partial charge in [-0.3, -0.25) is 14.5 Å². The van der Waals surface area contributed by atoms with Gasteiger partial charge in [0.25, 0.3) is 0 Å². The molecule has 154 valence electrons. The molecule has 2 aromatic rings. The summed E-state index contributed by atoms with van der Waals surface area (Å²) in [5, 5.41) is 5.46. The molecule has 1 N–H and O–H groups in total. The van der Waals surface area contributed by atoms with Gasteiger partial charge in [-0.2, -0.15) is 0 Å². The highest BCUT2D eigenvalue weighted by molar-refractivity contribution is 7.14. The number of thiazole rings is 1. The molecule has 1 aromatic carbocycles. The number of ether oxygens (including phenoxy) is 1. The van der Waals surface area contributed by atoms with Crippen LogP contribution in [0.4, 0.5) is 10.8 Å². The largest absolute Gasteiger partial charge is 0.379 e. The van der Waals surface area contributed by atoms with Gasteiger partial charge < -0.3 is 15.0 Å². The number of hydrogen-bond donors (Lipinski definition) is 1. The lowest BCUT2D eigenvalue weighted by Crippen LogP contribution is -2.41. The maximum atomic E-state index is 12.4. The van der Waals surface area contributed by atoms with E-state index in [1.807, 2.05) is 36.3 Å². The topological polar surface area (TPSA) is 74.8 Å². The number of hydrogen-bond acceptors (Lipinski definition) is 6. The van der Waals surface area contributed by atoms with Crippen LogP contribution in [0.2, 0.25) is 0 Å². The van der Waals surface area contributed by atoms with Gasteiger partial charge in [-0.1, -0.05) is 19.9 Å². The van der Waals surface area contributed by atoms with Crippen molar-refractivity contribution in [2.75, 3.05) is 49.6 Å². The maximum Gasteiger partial charge on any atom is 0.240 e. The summed E-state index contributed by atoms with van der Waals surface area (Å²) in [6, 6.07) is 6.12. The molecule has 0 aliphatic carbocycles. The highest BCUT2D eigenvalue weighted by Gasteiger charge is 2.26. The molecule has 0 unspecified atom stereocenters. The Morgan fingerprint density at radius 3 is 2.79 bits per heavy atom. The quantitative estimate of drug-likeness (QED) is 0.814. The summed E-state index contributed by atoms with van der Waals surface area (Å²) in [6.45, 7) is 7.86. The standard InChI is InChI=1S/C21H26N4O3S/c1-14(2)20(27)25-6-5-16-11-15(3-4-18(16)25)17-13-29-21(22-17)23-19(26)12-24-7-9-28-10-8-24/h3-4,11,13-14H,5-10,12H2,1-2H3,(H,22,23,26). The summed E-state index contributed by atoms with van der Waals surface area (Å²) < 4.78 is 5.31. The van der Waals surface area contributed by atoms with Crippen LogP contribution in [0.15, 0.2) is 23.6 Å². The van der Waals surface area contributed by atoms with Gasteiger partial charge >= 0.3 is 0 Å². The van der Waals surface area contributed by atoms with E-state index in [4.69, 9.17) is 4.74 Å². The lowest BCUT2D eigenvalue weighted by Gasteiger charge is -2.25. The van der Waals surface area contributed by atoms with Gasteiger partial charge in [-0.25, -0.2) is 4.98 Å². The Hall–Kier alpha value is -2.29. The van der Waals surface area contributed by atoms with Gasteiger partial charge in [0.05, 0.1) is 25.5 Å². The number of morpholine rings is 1. The van der Waals surface area contributed by atoms with Gasteiger partial charge in [0, 0.05) is 42.2 Å². The molecule has 3 heterocycles. The molecule has 2 amide bonds. The van der Waals surface area contributed by atoms with Crippen molar-refractivity contribution in [1.29, 1.82) is 0 Å². The Bertz CT molecular complexity index is 905. The van der Waals surface area contributed by atoms with E-state index in [1.54, 1.807) is 0 Å². The molecule has 1 fully saturated rings. The summed E-state index contributed by atoms with van der Waals surface area (Å²) in [7, 11) is 0. The Kier molecular flexibility index (Phi) is 5.94. The zero-order valence-corrected chi connectivity index (χ0v) is 17.6. The molecule has 1 aromatic heterocycles. The minimum absolute atomic E-state index is 0.0113. The number of nitrogens with one attached hydrogen (secondary N) is 1. The molecule has 2 aliphatic heterocycles. The second kappa shape index (κ2) is 8.61. The Morgan fingerprint density at radius 1 is 1.24 bits per heavy atom. The van der Waals surface area contributed by atoms with E-state index in [-0.39, 0.29) is 17.7 Å². The van der Waals surface area contributed by atoms with E-state index < -0.39 is 0 Å². The van der Waals surface area contributed by atoms with E-state index in [9.17, 15) is 9.59 Å². The minimum Gasteiger partial charge on any atom is -0.379 e. The van der Waals surface area contributed by atoms with Crippen LogP contribution in [0.3, 0.4) is 0 Å². The summed E-state index contributed by atoms with van der Waals surface area (Å²) in [6.07, 6.45) is 0.856. The number of fused-ring (bicyclic) bond motifs is 1. The highest BCUT2D eigenvalue weighted by atomic mass is 32.1. The van der Waals surface area contributed by atoms with Gasteiger partial charge in [0.15, 0.2) is 5.13 Å². The van der Waals surface area contributed by atoms with Gasteiger partial charge in [-0.15, -0.1) is 11.3 Å². The van der Waals surface area contributed by atoms with Gasteiger partial charge in [0.1, 0.15) is 0 Å². The third-order valence-corrected chi connectivity index (χ3v) is 6.01. The maximum absolute atomic E-state index is 12.4. The Morgan fingerprint density at radius 2 is 2.03 bits per heavy atom. The van der Waals surface area contributed by atoms with E-state index in [0.717, 1.165) is 43.0 Å². The van der Waals surface area contributed by atoms with E-state index in [0.29, 0.717) is 24.9 Å². The molecular formula is C21H26N4O3S. The first kappa shape index (κ1) is 20.0. The number of nitrogens with zero attached hydrogens (tertiary/aromatic N) is 3. The van der Waals surface area contributed by atoms with Crippen molar-refractivity contribution < 1.29 is 14.3 Å². The Balaban J connectivity index is 1.42. The molecule has 0 radical (unpaired) electrons. The monoisotopic (exact) mass is 414 g/mol. The predicted molar refractivity (Wildman–Crippen MR) is 114 cm³/mol. The molecule has 0 spiro atoms. The summed E-state index contributed by atoms with van der Waals surface area (Å²) in [5.41, 5.74) is 4.02. The number of carbonyl (C=O) groups is 2. The van der Waals surface area contributed by atoms with Crippen molar-refractivity contribution >= 4 is 34.0 Å². The van der Waals surface area contributed by atoms with Crippen LogP contribution in [0.5, 0.6) is 0 Å². The predicted octanol–water partition coefficient (Wildman–Crippen LogP) is 2.63. The number of amides is 2. The molecule has 2 aliphatic rings. The second-order valence-corrected chi connectivity index (χ2v) is 8.57. The number of rotatable bonds is 5. The SMILES string of the molecule is CC(C)C(=O)N1CCc2cc(-c3csc(NC(=O)CN4CCOCC4)n3)ccc21. The summed E-state index contributed by atoms with van der Waals surface area (Å²) in [5.74, 6) is 0.0998. The Labute approximate surface area is 174 Å². The van der Waals surface area contributed by atoms with Crippen LogP contribution in [-0.2, 0) is 20.7 Å². The number of anilines is 2. The van der Waals surface area contributed by atoms with Crippen molar-refractivity contribution in [1.82, 2.24) is 9.88 Å². The normalized spacial score (nSPS) is 16.9. The molecule has 1 saturated heterocycles. The third kappa shape index (κ3) is 4.49. The first-order valence-electron chi connectivity index (χ1n) is 10.0. The van der Waals surface area contributed by atoms with Gasteiger partial charge in [0.2, 0.25) is 11.8 Å². The highest BCUT2D eigenvalue weighted by Crippen LogP contribution is 2.34. The van der Waals surface area contributed by atoms with Gasteiger partial charge in [-0.05, 0) is 24.1 Å².